The summed E-state index contributed by atoms with van der Waals surface area (Å²) in [4.78, 5) is 10.5. The molecule has 5 heteroatoms. The third-order valence-electron chi connectivity index (χ3n) is 2.69. The van der Waals surface area contributed by atoms with Gasteiger partial charge in [0.15, 0.2) is 0 Å². The number of fused-ring (bicyclic) bond motifs is 1. The average molecular weight is 252 g/mol. The van der Waals surface area contributed by atoms with E-state index in [1.54, 1.807) is 7.11 Å². The summed E-state index contributed by atoms with van der Waals surface area (Å²) in [5.41, 5.74) is 0.791. The number of methoxy groups -OCH3 is 1. The number of hydrogen-bond acceptors (Lipinski definition) is 4. The van der Waals surface area contributed by atoms with Crippen LogP contribution < -0.4 is 9.64 Å². The third kappa shape index (κ3) is 2.26. The second-order valence-electron chi connectivity index (χ2n) is 3.71. The quantitative estimate of drug-likeness (QED) is 0.787. The molecule has 0 saturated heterocycles. The lowest BCUT2D eigenvalue weighted by molar-refractivity contribution is 0.415. The van der Waals surface area contributed by atoms with E-state index in [0.717, 1.165) is 29.0 Å². The molecule has 0 amide bonds. The van der Waals surface area contributed by atoms with Crippen LogP contribution in [0.2, 0.25) is 5.28 Å². The number of hydrogen-bond donors (Lipinski definition) is 0. The van der Waals surface area contributed by atoms with Crippen LogP contribution in [0, 0.1) is 0 Å². The van der Waals surface area contributed by atoms with E-state index in [-0.39, 0.29) is 5.28 Å². The van der Waals surface area contributed by atoms with E-state index in [2.05, 4.69) is 16.9 Å². The minimum atomic E-state index is 0.251. The molecule has 4 nitrogen and oxygen atoms in total. The first kappa shape index (κ1) is 11.9. The number of rotatable bonds is 3. The predicted octanol–water partition coefficient (Wildman–Crippen LogP) is 2.75. The van der Waals surface area contributed by atoms with Gasteiger partial charge in [-0.15, -0.1) is 0 Å². The highest BCUT2D eigenvalue weighted by molar-refractivity contribution is 6.28. The van der Waals surface area contributed by atoms with Gasteiger partial charge in [-0.2, -0.15) is 4.98 Å². The van der Waals surface area contributed by atoms with Crippen LogP contribution in [0.4, 0.5) is 5.82 Å². The third-order valence-corrected chi connectivity index (χ3v) is 2.86. The normalized spacial score (nSPS) is 10.6. The van der Waals surface area contributed by atoms with E-state index < -0.39 is 0 Å². The zero-order chi connectivity index (χ0) is 12.4. The summed E-state index contributed by atoms with van der Waals surface area (Å²) in [5, 5.41) is 1.22. The Bertz CT molecular complexity index is 545. The molecule has 17 heavy (non-hydrogen) atoms. The summed E-state index contributed by atoms with van der Waals surface area (Å²) in [5.74, 6) is 1.60. The van der Waals surface area contributed by atoms with Gasteiger partial charge in [-0.1, -0.05) is 0 Å². The number of ether oxygens (including phenoxy) is 1. The van der Waals surface area contributed by atoms with Crippen LogP contribution >= 0.6 is 11.6 Å². The van der Waals surface area contributed by atoms with Crippen LogP contribution in [-0.4, -0.2) is 30.7 Å². The van der Waals surface area contributed by atoms with Gasteiger partial charge in [0, 0.05) is 25.0 Å². The van der Waals surface area contributed by atoms with E-state index in [9.17, 15) is 0 Å². The van der Waals surface area contributed by atoms with Crippen molar-refractivity contribution in [3.8, 4) is 5.75 Å². The highest BCUT2D eigenvalue weighted by atomic mass is 35.5. The first-order chi connectivity index (χ1) is 8.15. The molecule has 2 rings (SSSR count). The number of nitrogens with zero attached hydrogens (tertiary/aromatic N) is 3. The summed E-state index contributed by atoms with van der Waals surface area (Å²) < 4.78 is 5.17. The smallest absolute Gasteiger partial charge is 0.224 e. The highest BCUT2D eigenvalue weighted by Crippen LogP contribution is 2.27. The maximum atomic E-state index is 5.93. The van der Waals surface area contributed by atoms with Gasteiger partial charge in [-0.25, -0.2) is 4.98 Å². The van der Waals surface area contributed by atoms with E-state index in [1.807, 2.05) is 30.1 Å². The molecule has 0 unspecified atom stereocenters. The van der Waals surface area contributed by atoms with Gasteiger partial charge in [-0.05, 0) is 30.7 Å². The maximum absolute atomic E-state index is 5.93. The van der Waals surface area contributed by atoms with Crippen LogP contribution in [-0.2, 0) is 0 Å². The molecule has 0 aliphatic rings. The predicted molar refractivity (Wildman–Crippen MR) is 70.0 cm³/mol. The average Bonchev–Trinajstić information content (AvgIpc) is 2.35. The van der Waals surface area contributed by atoms with Crippen molar-refractivity contribution in [2.24, 2.45) is 0 Å². The van der Waals surface area contributed by atoms with Gasteiger partial charge in [0.05, 0.1) is 12.6 Å². The molecule has 0 fully saturated rings. The molecule has 0 aliphatic carbocycles. The lowest BCUT2D eigenvalue weighted by Crippen LogP contribution is -2.18. The fraction of sp³-hybridized carbons (Fsp3) is 0.333. The van der Waals surface area contributed by atoms with E-state index in [4.69, 9.17) is 16.3 Å². The minimum Gasteiger partial charge on any atom is -0.497 e. The van der Waals surface area contributed by atoms with Crippen molar-refractivity contribution < 1.29 is 4.74 Å². The lowest BCUT2D eigenvalue weighted by atomic mass is 10.2. The van der Waals surface area contributed by atoms with Crippen molar-refractivity contribution >= 4 is 28.3 Å². The largest absolute Gasteiger partial charge is 0.497 e. The van der Waals surface area contributed by atoms with Gasteiger partial charge < -0.3 is 9.64 Å². The summed E-state index contributed by atoms with van der Waals surface area (Å²) in [6.07, 6.45) is 0. The van der Waals surface area contributed by atoms with Crippen LogP contribution in [0.25, 0.3) is 10.9 Å². The Kier molecular flexibility index (Phi) is 3.33. The molecule has 0 saturated carbocycles. The molecule has 1 heterocycles. The van der Waals surface area contributed by atoms with Crippen LogP contribution in [0.5, 0.6) is 5.75 Å². The monoisotopic (exact) mass is 251 g/mol. The van der Waals surface area contributed by atoms with Gasteiger partial charge in [-0.3, -0.25) is 0 Å². The highest BCUT2D eigenvalue weighted by Gasteiger charge is 2.10. The number of halogens is 1. The molecule has 0 aliphatic heterocycles. The topological polar surface area (TPSA) is 38.2 Å². The van der Waals surface area contributed by atoms with Crippen molar-refractivity contribution in [2.45, 2.75) is 6.92 Å². The van der Waals surface area contributed by atoms with E-state index in [0.29, 0.717) is 0 Å². The molecule has 0 radical (unpaired) electrons. The number of benzene rings is 1. The lowest BCUT2D eigenvalue weighted by Gasteiger charge is -2.17. The summed E-state index contributed by atoms with van der Waals surface area (Å²) in [6, 6.07) is 5.70. The zero-order valence-electron chi connectivity index (χ0n) is 10.1. The minimum absolute atomic E-state index is 0.251. The molecular formula is C12H14ClN3O. The molecular weight excluding hydrogens is 238 g/mol. The van der Waals surface area contributed by atoms with Crippen LogP contribution in [0.3, 0.4) is 0 Å². The zero-order valence-corrected chi connectivity index (χ0v) is 10.8. The van der Waals surface area contributed by atoms with Crippen LogP contribution in [0.15, 0.2) is 18.2 Å². The van der Waals surface area contributed by atoms with Gasteiger partial charge in [0.1, 0.15) is 11.6 Å². The van der Waals surface area contributed by atoms with Crippen molar-refractivity contribution in [2.75, 3.05) is 25.6 Å². The maximum Gasteiger partial charge on any atom is 0.224 e. The van der Waals surface area contributed by atoms with Gasteiger partial charge in [0.25, 0.3) is 0 Å². The Morgan fingerprint density at radius 1 is 1.35 bits per heavy atom. The fourth-order valence-electron chi connectivity index (χ4n) is 1.63. The Morgan fingerprint density at radius 2 is 2.12 bits per heavy atom. The molecule has 1 aromatic carbocycles. The Labute approximate surface area is 105 Å². The number of anilines is 1. The van der Waals surface area contributed by atoms with Crippen LogP contribution in [0.1, 0.15) is 6.92 Å². The summed E-state index contributed by atoms with van der Waals surface area (Å²) in [6.45, 7) is 2.92. The SMILES string of the molecule is CCN(C)c1nc(Cl)nc2cc(OC)ccc12. The Morgan fingerprint density at radius 3 is 2.76 bits per heavy atom. The van der Waals surface area contributed by atoms with Crippen molar-refractivity contribution in [1.82, 2.24) is 9.97 Å². The molecule has 0 spiro atoms. The molecule has 0 atom stereocenters. The van der Waals surface area contributed by atoms with Crippen molar-refractivity contribution in [3.05, 3.63) is 23.5 Å². The van der Waals surface area contributed by atoms with Crippen molar-refractivity contribution in [3.63, 3.8) is 0 Å². The van der Waals surface area contributed by atoms with Gasteiger partial charge in [0.2, 0.25) is 5.28 Å². The van der Waals surface area contributed by atoms with E-state index in [1.165, 1.54) is 0 Å². The summed E-state index contributed by atoms with van der Waals surface area (Å²) >= 11 is 5.93. The molecule has 2 aromatic rings. The Hall–Kier alpha value is -1.55. The van der Waals surface area contributed by atoms with E-state index >= 15 is 0 Å². The van der Waals surface area contributed by atoms with Gasteiger partial charge >= 0.3 is 0 Å². The fourth-order valence-corrected chi connectivity index (χ4v) is 1.80. The first-order valence-electron chi connectivity index (χ1n) is 5.38. The number of aromatic nitrogens is 2. The standard InChI is InChI=1S/C12H14ClN3O/c1-4-16(2)11-9-6-5-8(17-3)7-10(9)14-12(13)15-11/h5-7H,4H2,1-3H3. The molecule has 90 valence electrons. The Balaban J connectivity index is 2.67. The first-order valence-corrected chi connectivity index (χ1v) is 5.76. The molecule has 1 aromatic heterocycles. The second kappa shape index (κ2) is 4.75. The molecule has 0 bridgehead atoms. The van der Waals surface area contributed by atoms with Crippen molar-refractivity contribution in [1.29, 1.82) is 0 Å². The molecule has 0 N–H and O–H groups in total. The second-order valence-corrected chi connectivity index (χ2v) is 4.05. The summed E-state index contributed by atoms with van der Waals surface area (Å²) in [7, 11) is 3.60.